The Morgan fingerprint density at radius 1 is 1.26 bits per heavy atom. The van der Waals surface area contributed by atoms with Crippen LogP contribution in [0.1, 0.15) is 5.56 Å². The van der Waals surface area contributed by atoms with Gasteiger partial charge in [-0.2, -0.15) is 13.9 Å². The first-order valence-corrected chi connectivity index (χ1v) is 7.01. The van der Waals surface area contributed by atoms with Crippen molar-refractivity contribution >= 4 is 11.6 Å². The number of hydrogen-bond acceptors (Lipinski definition) is 4. The van der Waals surface area contributed by atoms with E-state index in [1.54, 1.807) is 41.3 Å². The van der Waals surface area contributed by atoms with Crippen LogP contribution in [0.15, 0.2) is 49.2 Å². The van der Waals surface area contributed by atoms with Crippen molar-refractivity contribution in [3.05, 3.63) is 59.8 Å². The summed E-state index contributed by atoms with van der Waals surface area (Å²) in [5.74, 6) is -0.149. The van der Waals surface area contributed by atoms with Gasteiger partial charge in [0.05, 0.1) is 6.54 Å². The molecular formula is C15H11ClF2N4O. The minimum absolute atomic E-state index is 0.149. The Labute approximate surface area is 135 Å². The fourth-order valence-corrected chi connectivity index (χ4v) is 2.31. The first-order chi connectivity index (χ1) is 11.1. The highest BCUT2D eigenvalue weighted by molar-refractivity contribution is 6.30. The fraction of sp³-hybridized carbons (Fsp3) is 0.133. The number of nitrogens with zero attached hydrogens (tertiary/aromatic N) is 4. The number of benzene rings is 1. The Morgan fingerprint density at radius 3 is 2.83 bits per heavy atom. The highest BCUT2D eigenvalue weighted by Crippen LogP contribution is 2.31. The van der Waals surface area contributed by atoms with Gasteiger partial charge in [0.1, 0.15) is 12.7 Å². The number of ether oxygens (including phenoxy) is 1. The molecule has 3 aromatic rings. The van der Waals surface area contributed by atoms with Crippen LogP contribution in [0, 0.1) is 0 Å². The lowest BCUT2D eigenvalue weighted by Crippen LogP contribution is -2.07. The summed E-state index contributed by atoms with van der Waals surface area (Å²) in [4.78, 5) is 7.86. The van der Waals surface area contributed by atoms with Crippen LogP contribution < -0.4 is 4.74 Å². The Morgan fingerprint density at radius 2 is 2.13 bits per heavy atom. The second-order valence-electron chi connectivity index (χ2n) is 4.68. The average Bonchev–Trinajstić information content (AvgIpc) is 3.01. The van der Waals surface area contributed by atoms with E-state index >= 15 is 0 Å². The quantitative estimate of drug-likeness (QED) is 0.713. The first kappa shape index (κ1) is 15.4. The van der Waals surface area contributed by atoms with Gasteiger partial charge in [-0.25, -0.2) is 14.6 Å². The van der Waals surface area contributed by atoms with Gasteiger partial charge < -0.3 is 4.74 Å². The molecule has 0 amide bonds. The summed E-state index contributed by atoms with van der Waals surface area (Å²) < 4.78 is 31.3. The maximum Gasteiger partial charge on any atom is 0.388 e. The highest BCUT2D eigenvalue weighted by atomic mass is 35.5. The molecule has 0 fully saturated rings. The van der Waals surface area contributed by atoms with Crippen LogP contribution in [-0.2, 0) is 6.54 Å². The Bertz CT molecular complexity index is 796. The second-order valence-corrected chi connectivity index (χ2v) is 5.11. The summed E-state index contributed by atoms with van der Waals surface area (Å²) in [5, 5.41) is 4.50. The van der Waals surface area contributed by atoms with Crippen LogP contribution in [0.25, 0.3) is 11.1 Å². The Kier molecular flexibility index (Phi) is 4.47. The van der Waals surface area contributed by atoms with Crippen molar-refractivity contribution in [3.63, 3.8) is 0 Å². The van der Waals surface area contributed by atoms with Gasteiger partial charge in [-0.05, 0) is 29.3 Å². The lowest BCUT2D eigenvalue weighted by molar-refractivity contribution is -0.0524. The summed E-state index contributed by atoms with van der Waals surface area (Å²) >= 11 is 5.98. The molecule has 0 unspecified atom stereocenters. The molecule has 118 valence electrons. The van der Waals surface area contributed by atoms with Gasteiger partial charge in [0.2, 0.25) is 5.88 Å². The molecule has 1 aromatic carbocycles. The molecule has 0 atom stereocenters. The van der Waals surface area contributed by atoms with Gasteiger partial charge in [0, 0.05) is 16.8 Å². The van der Waals surface area contributed by atoms with E-state index in [9.17, 15) is 8.78 Å². The van der Waals surface area contributed by atoms with Crippen LogP contribution in [-0.4, -0.2) is 26.4 Å². The van der Waals surface area contributed by atoms with Crippen LogP contribution in [0.4, 0.5) is 8.78 Å². The van der Waals surface area contributed by atoms with Gasteiger partial charge in [-0.3, -0.25) is 0 Å². The SMILES string of the molecule is FC(F)Oc1ncc(Cn2cncn2)cc1-c1cccc(Cl)c1. The first-order valence-electron chi connectivity index (χ1n) is 6.64. The molecule has 0 radical (unpaired) electrons. The van der Waals surface area contributed by atoms with E-state index in [2.05, 4.69) is 19.8 Å². The Hall–Kier alpha value is -2.54. The molecule has 3 rings (SSSR count). The highest BCUT2D eigenvalue weighted by Gasteiger charge is 2.14. The van der Waals surface area contributed by atoms with Gasteiger partial charge in [0.25, 0.3) is 0 Å². The molecule has 23 heavy (non-hydrogen) atoms. The van der Waals surface area contributed by atoms with E-state index in [0.29, 0.717) is 22.7 Å². The van der Waals surface area contributed by atoms with E-state index in [4.69, 9.17) is 11.6 Å². The number of hydrogen-bond donors (Lipinski definition) is 0. The zero-order chi connectivity index (χ0) is 16.2. The topological polar surface area (TPSA) is 52.8 Å². The van der Waals surface area contributed by atoms with E-state index in [1.807, 2.05) is 0 Å². The average molecular weight is 337 g/mol. The molecular weight excluding hydrogens is 326 g/mol. The molecule has 8 heteroatoms. The molecule has 2 heterocycles. The smallest absolute Gasteiger partial charge is 0.388 e. The summed E-state index contributed by atoms with van der Waals surface area (Å²) in [6, 6.07) is 8.56. The van der Waals surface area contributed by atoms with Crippen molar-refractivity contribution in [1.29, 1.82) is 0 Å². The fourth-order valence-electron chi connectivity index (χ4n) is 2.12. The molecule has 0 saturated carbocycles. The lowest BCUT2D eigenvalue weighted by atomic mass is 10.1. The van der Waals surface area contributed by atoms with Gasteiger partial charge in [-0.1, -0.05) is 23.7 Å². The third kappa shape index (κ3) is 3.81. The van der Waals surface area contributed by atoms with E-state index in [0.717, 1.165) is 5.56 Å². The molecule has 5 nitrogen and oxygen atoms in total. The summed E-state index contributed by atoms with van der Waals surface area (Å²) in [6.45, 7) is -2.54. The zero-order valence-corrected chi connectivity index (χ0v) is 12.5. The zero-order valence-electron chi connectivity index (χ0n) is 11.7. The van der Waals surface area contributed by atoms with Crippen molar-refractivity contribution in [2.75, 3.05) is 0 Å². The van der Waals surface area contributed by atoms with E-state index < -0.39 is 6.61 Å². The predicted molar refractivity (Wildman–Crippen MR) is 80.4 cm³/mol. The number of aromatic nitrogens is 4. The monoisotopic (exact) mass is 336 g/mol. The van der Waals surface area contributed by atoms with Crippen molar-refractivity contribution in [2.24, 2.45) is 0 Å². The van der Waals surface area contributed by atoms with Gasteiger partial charge in [-0.15, -0.1) is 0 Å². The molecule has 0 aliphatic carbocycles. The number of alkyl halides is 2. The third-order valence-corrected chi connectivity index (χ3v) is 3.29. The standard InChI is InChI=1S/C15H11ClF2N4O/c16-12-3-1-2-11(5-12)13-4-10(7-22-9-19-8-21-22)6-20-14(13)23-15(17)18/h1-6,8-9,15H,7H2. The number of pyridine rings is 1. The second kappa shape index (κ2) is 6.70. The lowest BCUT2D eigenvalue weighted by Gasteiger charge is -2.12. The van der Waals surface area contributed by atoms with Crippen molar-refractivity contribution < 1.29 is 13.5 Å². The minimum atomic E-state index is -2.96. The summed E-state index contributed by atoms with van der Waals surface area (Å²) in [5.41, 5.74) is 1.85. The van der Waals surface area contributed by atoms with Crippen LogP contribution in [0.2, 0.25) is 5.02 Å². The predicted octanol–water partition coefficient (Wildman–Crippen LogP) is 3.64. The van der Waals surface area contributed by atoms with E-state index in [-0.39, 0.29) is 5.88 Å². The number of halogens is 3. The summed E-state index contributed by atoms with van der Waals surface area (Å²) in [6.07, 6.45) is 4.44. The molecule has 0 aliphatic heterocycles. The maximum absolute atomic E-state index is 12.6. The van der Waals surface area contributed by atoms with E-state index in [1.165, 1.54) is 12.5 Å². The van der Waals surface area contributed by atoms with Crippen LogP contribution >= 0.6 is 11.6 Å². The van der Waals surface area contributed by atoms with Crippen molar-refractivity contribution in [2.45, 2.75) is 13.2 Å². The summed E-state index contributed by atoms with van der Waals surface area (Å²) in [7, 11) is 0. The molecule has 0 aliphatic rings. The van der Waals surface area contributed by atoms with Crippen LogP contribution in [0.5, 0.6) is 5.88 Å². The third-order valence-electron chi connectivity index (χ3n) is 3.06. The molecule has 2 aromatic heterocycles. The normalized spacial score (nSPS) is 11.0. The molecule has 0 spiro atoms. The molecule has 0 saturated heterocycles. The van der Waals surface area contributed by atoms with Gasteiger partial charge >= 0.3 is 6.61 Å². The molecule has 0 N–H and O–H groups in total. The van der Waals surface area contributed by atoms with Crippen LogP contribution in [0.3, 0.4) is 0 Å². The largest absolute Gasteiger partial charge is 0.416 e. The van der Waals surface area contributed by atoms with Crippen molar-refractivity contribution in [1.82, 2.24) is 19.7 Å². The maximum atomic E-state index is 12.6. The number of rotatable bonds is 5. The minimum Gasteiger partial charge on any atom is -0.416 e. The van der Waals surface area contributed by atoms with Gasteiger partial charge in [0.15, 0.2) is 0 Å². The molecule has 0 bridgehead atoms. The Balaban J connectivity index is 2.01. The van der Waals surface area contributed by atoms with Crippen molar-refractivity contribution in [3.8, 4) is 17.0 Å².